The number of hydrogen-bond acceptors (Lipinski definition) is 3. The average Bonchev–Trinajstić information content (AvgIpc) is 3.00. The lowest BCUT2D eigenvalue weighted by Gasteiger charge is -2.35. The van der Waals surface area contributed by atoms with Crippen molar-refractivity contribution in [3.05, 3.63) is 36.3 Å². The fourth-order valence-corrected chi connectivity index (χ4v) is 2.91. The smallest absolute Gasteiger partial charge is 0.255 e. The molecule has 2 aromatic heterocycles. The van der Waals surface area contributed by atoms with Crippen molar-refractivity contribution in [3.8, 4) is 0 Å². The van der Waals surface area contributed by atoms with Crippen molar-refractivity contribution in [1.82, 2.24) is 14.3 Å². The Kier molecular flexibility index (Phi) is 4.20. The first-order valence-electron chi connectivity index (χ1n) is 7.61. The minimum absolute atomic E-state index is 0.0926. The topological polar surface area (TPSA) is 46.8 Å². The molecule has 0 N–H and O–H groups in total. The van der Waals surface area contributed by atoms with E-state index < -0.39 is 0 Å². The Bertz CT molecular complexity index is 623. The summed E-state index contributed by atoms with van der Waals surface area (Å²) in [5, 5.41) is 0. The fourth-order valence-electron chi connectivity index (χ4n) is 2.91. The Morgan fingerprint density at radius 3 is 3.19 bits per heavy atom. The fraction of sp³-hybridized carbons (Fsp3) is 0.500. The van der Waals surface area contributed by atoms with Crippen LogP contribution in [-0.4, -0.2) is 46.0 Å². The molecule has 21 heavy (non-hydrogen) atoms. The molecule has 0 saturated carbocycles. The lowest BCUT2D eigenvalue weighted by Crippen LogP contribution is -2.46. The van der Waals surface area contributed by atoms with E-state index in [4.69, 9.17) is 4.74 Å². The maximum Gasteiger partial charge on any atom is 0.255 e. The van der Waals surface area contributed by atoms with E-state index in [9.17, 15) is 4.79 Å². The minimum Gasteiger partial charge on any atom is -0.380 e. The number of piperidine rings is 1. The Labute approximate surface area is 124 Å². The highest BCUT2D eigenvalue weighted by molar-refractivity contribution is 5.94. The van der Waals surface area contributed by atoms with Crippen molar-refractivity contribution >= 4 is 11.6 Å². The van der Waals surface area contributed by atoms with Gasteiger partial charge in [0.15, 0.2) is 0 Å². The summed E-state index contributed by atoms with van der Waals surface area (Å²) in [6, 6.07) is 3.94. The van der Waals surface area contributed by atoms with E-state index in [0.717, 1.165) is 25.0 Å². The highest BCUT2D eigenvalue weighted by Crippen LogP contribution is 2.20. The SMILES string of the molecule is CCOC[C@@H]1CCCCN1C(=O)c1ccc2nccn2c1. The van der Waals surface area contributed by atoms with Crippen LogP contribution in [0.2, 0.25) is 0 Å². The molecule has 1 saturated heterocycles. The number of likely N-dealkylation sites (tertiary alicyclic amines) is 1. The first-order valence-corrected chi connectivity index (χ1v) is 7.61. The zero-order chi connectivity index (χ0) is 14.7. The molecule has 0 bridgehead atoms. The van der Waals surface area contributed by atoms with Crippen LogP contribution < -0.4 is 0 Å². The number of rotatable bonds is 4. The minimum atomic E-state index is 0.0926. The predicted octanol–water partition coefficient (Wildman–Crippen LogP) is 2.37. The van der Waals surface area contributed by atoms with Gasteiger partial charge in [0.25, 0.3) is 5.91 Å². The van der Waals surface area contributed by atoms with Crippen LogP contribution in [0, 0.1) is 0 Å². The highest BCUT2D eigenvalue weighted by Gasteiger charge is 2.27. The van der Waals surface area contributed by atoms with Gasteiger partial charge in [0, 0.05) is 31.7 Å². The molecular formula is C16H21N3O2. The number of carbonyl (C=O) groups excluding carboxylic acids is 1. The third-order valence-corrected chi connectivity index (χ3v) is 4.04. The van der Waals surface area contributed by atoms with Crippen molar-refractivity contribution in [2.75, 3.05) is 19.8 Å². The summed E-state index contributed by atoms with van der Waals surface area (Å²) in [5.74, 6) is 0.0926. The lowest BCUT2D eigenvalue weighted by atomic mass is 10.0. The molecule has 1 amide bonds. The van der Waals surface area contributed by atoms with Gasteiger partial charge in [-0.3, -0.25) is 4.79 Å². The number of ether oxygens (including phenoxy) is 1. The number of carbonyl (C=O) groups is 1. The van der Waals surface area contributed by atoms with Crippen LogP contribution in [0.15, 0.2) is 30.7 Å². The summed E-state index contributed by atoms with van der Waals surface area (Å²) < 4.78 is 7.42. The van der Waals surface area contributed by atoms with Gasteiger partial charge in [0.2, 0.25) is 0 Å². The van der Waals surface area contributed by atoms with Crippen molar-refractivity contribution in [2.24, 2.45) is 0 Å². The number of hydrogen-bond donors (Lipinski definition) is 0. The second-order valence-electron chi connectivity index (χ2n) is 5.42. The van der Waals surface area contributed by atoms with E-state index in [0.29, 0.717) is 18.8 Å². The molecule has 0 aliphatic carbocycles. The van der Waals surface area contributed by atoms with E-state index in [2.05, 4.69) is 4.98 Å². The second kappa shape index (κ2) is 6.26. The molecule has 2 aromatic rings. The Hall–Kier alpha value is -1.88. The van der Waals surface area contributed by atoms with Crippen molar-refractivity contribution in [2.45, 2.75) is 32.2 Å². The zero-order valence-corrected chi connectivity index (χ0v) is 12.4. The summed E-state index contributed by atoms with van der Waals surface area (Å²) >= 11 is 0. The van der Waals surface area contributed by atoms with E-state index in [1.807, 2.05) is 40.8 Å². The molecule has 5 nitrogen and oxygen atoms in total. The number of nitrogens with zero attached hydrogens (tertiary/aromatic N) is 3. The molecule has 3 rings (SSSR count). The molecule has 5 heteroatoms. The summed E-state index contributed by atoms with van der Waals surface area (Å²) in [5.41, 5.74) is 1.57. The number of imidazole rings is 1. The Morgan fingerprint density at radius 1 is 1.43 bits per heavy atom. The number of amides is 1. The van der Waals surface area contributed by atoms with E-state index in [-0.39, 0.29) is 11.9 Å². The average molecular weight is 287 g/mol. The van der Waals surface area contributed by atoms with Crippen LogP contribution in [0.5, 0.6) is 0 Å². The highest BCUT2D eigenvalue weighted by atomic mass is 16.5. The Balaban J connectivity index is 1.80. The summed E-state index contributed by atoms with van der Waals surface area (Å²) in [4.78, 5) is 19.0. The summed E-state index contributed by atoms with van der Waals surface area (Å²) in [6.07, 6.45) is 8.72. The van der Waals surface area contributed by atoms with Gasteiger partial charge < -0.3 is 14.0 Å². The van der Waals surface area contributed by atoms with Crippen molar-refractivity contribution in [3.63, 3.8) is 0 Å². The molecule has 0 unspecified atom stereocenters. The van der Waals surface area contributed by atoms with Crippen LogP contribution in [-0.2, 0) is 4.74 Å². The standard InChI is InChI=1S/C16H21N3O2/c1-2-21-12-14-5-3-4-9-19(14)16(20)13-6-7-15-17-8-10-18(15)11-13/h6-8,10-11,14H,2-5,9,12H2,1H3/t14-/m0/s1. The zero-order valence-electron chi connectivity index (χ0n) is 12.4. The monoisotopic (exact) mass is 287 g/mol. The molecule has 0 aromatic carbocycles. The largest absolute Gasteiger partial charge is 0.380 e. The van der Waals surface area contributed by atoms with Gasteiger partial charge >= 0.3 is 0 Å². The third kappa shape index (κ3) is 2.93. The molecular weight excluding hydrogens is 266 g/mol. The second-order valence-corrected chi connectivity index (χ2v) is 5.42. The number of pyridine rings is 1. The Morgan fingerprint density at radius 2 is 2.33 bits per heavy atom. The predicted molar refractivity (Wildman–Crippen MR) is 80.4 cm³/mol. The molecule has 1 fully saturated rings. The van der Waals surface area contributed by atoms with E-state index in [1.165, 1.54) is 6.42 Å². The number of aromatic nitrogens is 2. The third-order valence-electron chi connectivity index (χ3n) is 4.04. The quantitative estimate of drug-likeness (QED) is 0.867. The maximum absolute atomic E-state index is 12.8. The van der Waals surface area contributed by atoms with Gasteiger partial charge in [-0.05, 0) is 38.3 Å². The van der Waals surface area contributed by atoms with Crippen LogP contribution in [0.1, 0.15) is 36.5 Å². The van der Waals surface area contributed by atoms with Crippen LogP contribution in [0.4, 0.5) is 0 Å². The molecule has 0 radical (unpaired) electrons. The van der Waals surface area contributed by atoms with Crippen molar-refractivity contribution in [1.29, 1.82) is 0 Å². The van der Waals surface area contributed by atoms with Gasteiger partial charge in [0.1, 0.15) is 5.65 Å². The van der Waals surface area contributed by atoms with Gasteiger partial charge in [-0.1, -0.05) is 0 Å². The first kappa shape index (κ1) is 14.1. The van der Waals surface area contributed by atoms with E-state index in [1.54, 1.807) is 6.20 Å². The lowest BCUT2D eigenvalue weighted by molar-refractivity contribution is 0.0342. The molecule has 112 valence electrons. The maximum atomic E-state index is 12.8. The number of fused-ring (bicyclic) bond motifs is 1. The molecule has 1 atom stereocenters. The van der Waals surface area contributed by atoms with Gasteiger partial charge in [-0.2, -0.15) is 0 Å². The van der Waals surface area contributed by atoms with Gasteiger partial charge in [-0.15, -0.1) is 0 Å². The van der Waals surface area contributed by atoms with Gasteiger partial charge in [0.05, 0.1) is 18.2 Å². The normalized spacial score (nSPS) is 19.1. The van der Waals surface area contributed by atoms with E-state index >= 15 is 0 Å². The van der Waals surface area contributed by atoms with Crippen LogP contribution >= 0.6 is 0 Å². The van der Waals surface area contributed by atoms with Gasteiger partial charge in [-0.25, -0.2) is 4.98 Å². The van der Waals surface area contributed by atoms with Crippen LogP contribution in [0.3, 0.4) is 0 Å². The van der Waals surface area contributed by atoms with Crippen LogP contribution in [0.25, 0.3) is 5.65 Å². The van der Waals surface area contributed by atoms with Crippen molar-refractivity contribution < 1.29 is 9.53 Å². The summed E-state index contributed by atoms with van der Waals surface area (Å²) in [6.45, 7) is 4.13. The molecule has 1 aliphatic rings. The molecule has 3 heterocycles. The first-order chi connectivity index (χ1) is 10.3. The molecule has 0 spiro atoms. The summed E-state index contributed by atoms with van der Waals surface area (Å²) in [7, 11) is 0. The molecule has 1 aliphatic heterocycles.